The number of H-pyrrole nitrogens is 1. The molecule has 2 heterocycles. The summed E-state index contributed by atoms with van der Waals surface area (Å²) < 4.78 is 0. The minimum Gasteiger partial charge on any atom is -0.358 e. The van der Waals surface area contributed by atoms with Gasteiger partial charge in [-0.05, 0) is 43.1 Å². The second-order valence-electron chi connectivity index (χ2n) is 5.06. The van der Waals surface area contributed by atoms with Gasteiger partial charge in [0.1, 0.15) is 0 Å². The predicted molar refractivity (Wildman–Crippen MR) is 89.9 cm³/mol. The van der Waals surface area contributed by atoms with Gasteiger partial charge in [0.15, 0.2) is 0 Å². The number of nitrogens with one attached hydrogen (secondary N) is 2. The number of halogens is 1. The van der Waals surface area contributed by atoms with E-state index in [1.807, 2.05) is 12.3 Å². The average molecular weight is 302 g/mol. The molecule has 3 rings (SSSR count). The molecular formula is C17H20ClN3. The minimum absolute atomic E-state index is 0. The third kappa shape index (κ3) is 3.63. The van der Waals surface area contributed by atoms with Crippen molar-refractivity contribution in [1.29, 1.82) is 0 Å². The fourth-order valence-corrected chi connectivity index (χ4v) is 2.61. The number of rotatable bonds is 5. The Kier molecular flexibility index (Phi) is 5.37. The fraction of sp³-hybridized carbons (Fsp3) is 0.235. The number of pyridine rings is 1. The minimum atomic E-state index is 0. The highest BCUT2D eigenvalue weighted by Crippen LogP contribution is 2.21. The van der Waals surface area contributed by atoms with Crippen LogP contribution < -0.4 is 5.32 Å². The van der Waals surface area contributed by atoms with E-state index < -0.39 is 0 Å². The first-order chi connectivity index (χ1) is 9.84. The summed E-state index contributed by atoms with van der Waals surface area (Å²) in [7, 11) is 0. The summed E-state index contributed by atoms with van der Waals surface area (Å²) in [6.45, 7) is 3.99. The number of para-hydroxylation sites is 1. The molecule has 1 aromatic carbocycles. The lowest BCUT2D eigenvalue weighted by atomic mass is 10.1. The molecule has 0 fully saturated rings. The zero-order valence-electron chi connectivity index (χ0n) is 12.1. The highest BCUT2D eigenvalue weighted by molar-refractivity contribution is 5.85. The maximum Gasteiger partial charge on any atom is 0.0458 e. The predicted octanol–water partition coefficient (Wildman–Crippen LogP) is 3.63. The Morgan fingerprint density at radius 3 is 2.81 bits per heavy atom. The van der Waals surface area contributed by atoms with Crippen LogP contribution in [0, 0.1) is 6.92 Å². The Balaban J connectivity index is 0.00000161. The van der Waals surface area contributed by atoms with Crippen molar-refractivity contribution in [2.24, 2.45) is 0 Å². The van der Waals surface area contributed by atoms with E-state index in [1.165, 1.54) is 27.7 Å². The molecule has 4 heteroatoms. The van der Waals surface area contributed by atoms with E-state index in [1.54, 1.807) is 6.20 Å². The molecule has 3 aromatic rings. The van der Waals surface area contributed by atoms with E-state index in [4.69, 9.17) is 0 Å². The molecule has 2 aromatic heterocycles. The van der Waals surface area contributed by atoms with Crippen LogP contribution in [0.4, 0.5) is 0 Å². The SMILES string of the molecule is Cc1[nH]c2ccccc2c1CCNCc1cccnc1.Cl. The van der Waals surface area contributed by atoms with Gasteiger partial charge in [-0.25, -0.2) is 0 Å². The van der Waals surface area contributed by atoms with E-state index in [0.29, 0.717) is 0 Å². The fourth-order valence-electron chi connectivity index (χ4n) is 2.61. The van der Waals surface area contributed by atoms with Crippen LogP contribution in [0.15, 0.2) is 48.8 Å². The molecule has 0 spiro atoms. The number of fused-ring (bicyclic) bond motifs is 1. The normalized spacial score (nSPS) is 10.5. The summed E-state index contributed by atoms with van der Waals surface area (Å²) in [6, 6.07) is 12.6. The molecule has 0 atom stereocenters. The standard InChI is InChI=1S/C17H19N3.ClH/c1-13-15(16-6-2-3-7-17(16)20-13)8-10-19-12-14-5-4-9-18-11-14;/h2-7,9,11,19-20H,8,10,12H2,1H3;1H. The van der Waals surface area contributed by atoms with Gasteiger partial charge in [-0.15, -0.1) is 12.4 Å². The average Bonchev–Trinajstić information content (AvgIpc) is 2.80. The molecule has 0 unspecified atom stereocenters. The molecule has 0 saturated carbocycles. The second-order valence-corrected chi connectivity index (χ2v) is 5.06. The number of benzene rings is 1. The van der Waals surface area contributed by atoms with Crippen molar-refractivity contribution in [2.75, 3.05) is 6.54 Å². The van der Waals surface area contributed by atoms with Crippen molar-refractivity contribution >= 4 is 23.3 Å². The third-order valence-electron chi connectivity index (χ3n) is 3.63. The van der Waals surface area contributed by atoms with Gasteiger partial charge in [0.25, 0.3) is 0 Å². The Hall–Kier alpha value is -1.84. The molecule has 0 bridgehead atoms. The molecule has 21 heavy (non-hydrogen) atoms. The summed E-state index contributed by atoms with van der Waals surface area (Å²) in [5.41, 5.74) is 5.14. The van der Waals surface area contributed by atoms with Gasteiger partial charge in [-0.3, -0.25) is 4.98 Å². The first kappa shape index (κ1) is 15.5. The molecule has 3 nitrogen and oxygen atoms in total. The Bertz CT molecular complexity index is 692. The number of aromatic nitrogens is 2. The number of hydrogen-bond acceptors (Lipinski definition) is 2. The summed E-state index contributed by atoms with van der Waals surface area (Å²) >= 11 is 0. The van der Waals surface area contributed by atoms with Gasteiger partial charge in [-0.1, -0.05) is 24.3 Å². The molecule has 0 aliphatic rings. The lowest BCUT2D eigenvalue weighted by Crippen LogP contribution is -2.16. The highest BCUT2D eigenvalue weighted by Gasteiger charge is 2.06. The first-order valence-electron chi connectivity index (χ1n) is 7.00. The quantitative estimate of drug-likeness (QED) is 0.707. The summed E-state index contributed by atoms with van der Waals surface area (Å²) in [5, 5.41) is 4.82. The lowest BCUT2D eigenvalue weighted by molar-refractivity contribution is 0.685. The largest absolute Gasteiger partial charge is 0.358 e. The van der Waals surface area contributed by atoms with Crippen LogP contribution in [-0.2, 0) is 13.0 Å². The topological polar surface area (TPSA) is 40.7 Å². The van der Waals surface area contributed by atoms with Gasteiger partial charge in [0, 0.05) is 35.5 Å². The van der Waals surface area contributed by atoms with Crippen LogP contribution in [0.1, 0.15) is 16.8 Å². The molecule has 0 saturated heterocycles. The summed E-state index contributed by atoms with van der Waals surface area (Å²) in [5.74, 6) is 0. The molecule has 0 aliphatic carbocycles. The molecule has 0 radical (unpaired) electrons. The van der Waals surface area contributed by atoms with E-state index in [9.17, 15) is 0 Å². The Morgan fingerprint density at radius 2 is 2.00 bits per heavy atom. The monoisotopic (exact) mass is 301 g/mol. The smallest absolute Gasteiger partial charge is 0.0458 e. The van der Waals surface area contributed by atoms with Crippen LogP contribution in [0.3, 0.4) is 0 Å². The van der Waals surface area contributed by atoms with Crippen molar-refractivity contribution in [3.63, 3.8) is 0 Å². The van der Waals surface area contributed by atoms with Crippen LogP contribution in [-0.4, -0.2) is 16.5 Å². The highest BCUT2D eigenvalue weighted by atomic mass is 35.5. The number of nitrogens with zero attached hydrogens (tertiary/aromatic N) is 1. The van der Waals surface area contributed by atoms with Gasteiger partial charge in [-0.2, -0.15) is 0 Å². The van der Waals surface area contributed by atoms with Crippen molar-refractivity contribution in [1.82, 2.24) is 15.3 Å². The van der Waals surface area contributed by atoms with Crippen molar-refractivity contribution in [2.45, 2.75) is 19.9 Å². The van der Waals surface area contributed by atoms with E-state index >= 15 is 0 Å². The van der Waals surface area contributed by atoms with E-state index in [2.05, 4.69) is 52.5 Å². The molecule has 0 amide bonds. The van der Waals surface area contributed by atoms with Gasteiger partial charge in [0.05, 0.1) is 0 Å². The maximum atomic E-state index is 4.12. The Morgan fingerprint density at radius 1 is 1.14 bits per heavy atom. The van der Waals surface area contributed by atoms with Crippen molar-refractivity contribution in [3.8, 4) is 0 Å². The van der Waals surface area contributed by atoms with Crippen molar-refractivity contribution < 1.29 is 0 Å². The zero-order valence-corrected chi connectivity index (χ0v) is 12.9. The van der Waals surface area contributed by atoms with Crippen LogP contribution in [0.5, 0.6) is 0 Å². The van der Waals surface area contributed by atoms with Crippen LogP contribution >= 0.6 is 12.4 Å². The zero-order chi connectivity index (χ0) is 13.8. The lowest BCUT2D eigenvalue weighted by Gasteiger charge is -2.05. The van der Waals surface area contributed by atoms with Crippen molar-refractivity contribution in [3.05, 3.63) is 65.6 Å². The second kappa shape index (κ2) is 7.25. The molecule has 110 valence electrons. The molecule has 2 N–H and O–H groups in total. The number of hydrogen-bond donors (Lipinski definition) is 2. The van der Waals surface area contributed by atoms with Gasteiger partial charge in [0.2, 0.25) is 0 Å². The summed E-state index contributed by atoms with van der Waals surface area (Å²) in [4.78, 5) is 7.57. The summed E-state index contributed by atoms with van der Waals surface area (Å²) in [6.07, 6.45) is 4.75. The van der Waals surface area contributed by atoms with Crippen LogP contribution in [0.2, 0.25) is 0 Å². The molecular weight excluding hydrogens is 282 g/mol. The van der Waals surface area contributed by atoms with Crippen LogP contribution in [0.25, 0.3) is 10.9 Å². The number of aromatic amines is 1. The first-order valence-corrected chi connectivity index (χ1v) is 7.00. The van der Waals surface area contributed by atoms with Gasteiger partial charge >= 0.3 is 0 Å². The van der Waals surface area contributed by atoms with E-state index in [-0.39, 0.29) is 12.4 Å². The number of aryl methyl sites for hydroxylation is 1. The van der Waals surface area contributed by atoms with E-state index in [0.717, 1.165) is 19.5 Å². The van der Waals surface area contributed by atoms with Gasteiger partial charge < -0.3 is 10.3 Å². The maximum absolute atomic E-state index is 4.12. The third-order valence-corrected chi connectivity index (χ3v) is 3.63. The molecule has 0 aliphatic heterocycles. The Labute approximate surface area is 131 Å².